The molecule has 0 spiro atoms. The summed E-state index contributed by atoms with van der Waals surface area (Å²) in [6.45, 7) is 1.69. The predicted octanol–water partition coefficient (Wildman–Crippen LogP) is 2.76. The molecule has 0 radical (unpaired) electrons. The molecule has 0 aromatic heterocycles. The van der Waals surface area contributed by atoms with Gasteiger partial charge in [0.2, 0.25) is 5.91 Å². The second-order valence-electron chi connectivity index (χ2n) is 7.42. The molecule has 1 aromatic carbocycles. The van der Waals surface area contributed by atoms with Crippen molar-refractivity contribution in [3.05, 3.63) is 29.3 Å². The Hall–Kier alpha value is -1.93. The molecule has 3 aliphatic heterocycles. The number of benzene rings is 1. The van der Waals surface area contributed by atoms with E-state index in [0.717, 1.165) is 55.9 Å². The van der Waals surface area contributed by atoms with Crippen molar-refractivity contribution in [2.75, 3.05) is 18.0 Å². The summed E-state index contributed by atoms with van der Waals surface area (Å²) in [5.74, 6) is 0.143. The van der Waals surface area contributed by atoms with Crippen LogP contribution in [0.2, 0.25) is 5.02 Å². The third-order valence-electron chi connectivity index (χ3n) is 5.95. The molecule has 3 fully saturated rings. The SMILES string of the molecule is N#CN1[C@H]2CC[C@@H]1[C@H](NC(=O)C1CCCN(c3cccc(Cl)c3)C1)C2. The van der Waals surface area contributed by atoms with E-state index < -0.39 is 0 Å². The standard InChI is InChI=1S/C19H23ClN4O/c20-14-4-1-5-15(9-14)23-8-2-3-13(11-23)19(25)22-17-10-16-6-7-18(17)24(16)12-21/h1,4-5,9,13,16-18H,2-3,6-8,10-11H2,(H,22,25)/t13?,16-,17+,18+/m0/s1. The quantitative estimate of drug-likeness (QED) is 0.844. The minimum atomic E-state index is 0.00222. The average molecular weight is 359 g/mol. The van der Waals surface area contributed by atoms with E-state index in [9.17, 15) is 10.1 Å². The molecule has 1 aromatic rings. The average Bonchev–Trinajstić information content (AvgIpc) is 3.18. The van der Waals surface area contributed by atoms with Gasteiger partial charge >= 0.3 is 0 Å². The van der Waals surface area contributed by atoms with Crippen LogP contribution in [0.5, 0.6) is 0 Å². The number of nitriles is 1. The van der Waals surface area contributed by atoms with E-state index in [1.54, 1.807) is 0 Å². The van der Waals surface area contributed by atoms with E-state index >= 15 is 0 Å². The summed E-state index contributed by atoms with van der Waals surface area (Å²) >= 11 is 6.10. The molecule has 3 heterocycles. The minimum Gasteiger partial charge on any atom is -0.371 e. The summed E-state index contributed by atoms with van der Waals surface area (Å²) < 4.78 is 0. The zero-order valence-corrected chi connectivity index (χ0v) is 15.0. The third-order valence-corrected chi connectivity index (χ3v) is 6.18. The van der Waals surface area contributed by atoms with Crippen molar-refractivity contribution >= 4 is 23.2 Å². The van der Waals surface area contributed by atoms with Gasteiger partial charge in [0.1, 0.15) is 0 Å². The Kier molecular flexibility index (Phi) is 4.47. The van der Waals surface area contributed by atoms with Crippen LogP contribution in [0.15, 0.2) is 24.3 Å². The highest BCUT2D eigenvalue weighted by Crippen LogP contribution is 2.37. The molecule has 2 bridgehead atoms. The van der Waals surface area contributed by atoms with Gasteiger partial charge in [0.25, 0.3) is 0 Å². The third kappa shape index (κ3) is 3.16. The number of hydrogen-bond donors (Lipinski definition) is 1. The van der Waals surface area contributed by atoms with Crippen molar-refractivity contribution in [1.82, 2.24) is 10.2 Å². The molecule has 1 N–H and O–H groups in total. The molecule has 0 aliphatic carbocycles. The fourth-order valence-electron chi connectivity index (χ4n) is 4.70. The first kappa shape index (κ1) is 16.5. The van der Waals surface area contributed by atoms with Gasteiger partial charge in [-0.1, -0.05) is 17.7 Å². The number of nitrogens with zero attached hydrogens (tertiary/aromatic N) is 3. The van der Waals surface area contributed by atoms with E-state index in [-0.39, 0.29) is 23.9 Å². The normalized spacial score (nSPS) is 31.0. The predicted molar refractivity (Wildman–Crippen MR) is 97.2 cm³/mol. The summed E-state index contributed by atoms with van der Waals surface area (Å²) in [5.41, 5.74) is 1.08. The van der Waals surface area contributed by atoms with Crippen LogP contribution in [0.25, 0.3) is 0 Å². The molecule has 1 unspecified atom stereocenters. The van der Waals surface area contributed by atoms with Gasteiger partial charge in [-0.15, -0.1) is 0 Å². The second kappa shape index (κ2) is 6.76. The lowest BCUT2D eigenvalue weighted by Gasteiger charge is -2.34. The van der Waals surface area contributed by atoms with Crippen LogP contribution >= 0.6 is 11.6 Å². The summed E-state index contributed by atoms with van der Waals surface area (Å²) in [6, 6.07) is 8.49. The van der Waals surface area contributed by atoms with Gasteiger partial charge in [0.05, 0.1) is 18.0 Å². The molecule has 0 saturated carbocycles. The number of carbonyl (C=O) groups excluding carboxylic acids is 1. The maximum atomic E-state index is 12.8. The number of halogens is 1. The lowest BCUT2D eigenvalue weighted by atomic mass is 9.93. The van der Waals surface area contributed by atoms with Gasteiger partial charge in [0, 0.05) is 29.8 Å². The summed E-state index contributed by atoms with van der Waals surface area (Å²) in [4.78, 5) is 16.9. The largest absolute Gasteiger partial charge is 0.371 e. The fourth-order valence-corrected chi connectivity index (χ4v) is 4.88. The molecular weight excluding hydrogens is 336 g/mol. The summed E-state index contributed by atoms with van der Waals surface area (Å²) in [7, 11) is 0. The number of piperidine rings is 1. The number of hydrogen-bond acceptors (Lipinski definition) is 4. The van der Waals surface area contributed by atoms with Crippen LogP contribution in [-0.2, 0) is 4.79 Å². The van der Waals surface area contributed by atoms with Crippen LogP contribution < -0.4 is 10.2 Å². The number of nitrogens with one attached hydrogen (secondary N) is 1. The molecule has 1 amide bonds. The Labute approximate surface area is 153 Å². The molecule has 4 atom stereocenters. The van der Waals surface area contributed by atoms with Crippen LogP contribution in [0.3, 0.4) is 0 Å². The number of anilines is 1. The van der Waals surface area contributed by atoms with E-state index in [1.165, 1.54) is 0 Å². The van der Waals surface area contributed by atoms with Gasteiger partial charge in [-0.2, -0.15) is 5.26 Å². The number of carbonyl (C=O) groups is 1. The lowest BCUT2D eigenvalue weighted by Crippen LogP contribution is -2.49. The molecule has 25 heavy (non-hydrogen) atoms. The number of amides is 1. The van der Waals surface area contributed by atoms with E-state index in [1.807, 2.05) is 29.2 Å². The van der Waals surface area contributed by atoms with Crippen LogP contribution in [0.1, 0.15) is 32.1 Å². The topological polar surface area (TPSA) is 59.4 Å². The van der Waals surface area contributed by atoms with Gasteiger partial charge in [0.15, 0.2) is 6.19 Å². The Morgan fingerprint density at radius 1 is 1.32 bits per heavy atom. The highest BCUT2D eigenvalue weighted by Gasteiger charge is 2.47. The van der Waals surface area contributed by atoms with Crippen molar-refractivity contribution in [3.8, 4) is 6.19 Å². The van der Waals surface area contributed by atoms with Gasteiger partial charge in [-0.05, 0) is 50.3 Å². The monoisotopic (exact) mass is 358 g/mol. The first-order valence-corrected chi connectivity index (χ1v) is 9.52. The Balaban J connectivity index is 1.39. The van der Waals surface area contributed by atoms with Crippen molar-refractivity contribution in [3.63, 3.8) is 0 Å². The zero-order valence-electron chi connectivity index (χ0n) is 14.2. The summed E-state index contributed by atoms with van der Waals surface area (Å²) in [5, 5.41) is 13.2. The smallest absolute Gasteiger partial charge is 0.225 e. The van der Waals surface area contributed by atoms with Crippen LogP contribution in [0, 0.1) is 17.4 Å². The first-order chi connectivity index (χ1) is 12.2. The molecule has 3 saturated heterocycles. The molecule has 132 valence electrons. The molecule has 5 nitrogen and oxygen atoms in total. The highest BCUT2D eigenvalue weighted by atomic mass is 35.5. The van der Waals surface area contributed by atoms with E-state index in [0.29, 0.717) is 6.04 Å². The highest BCUT2D eigenvalue weighted by molar-refractivity contribution is 6.30. The zero-order chi connectivity index (χ0) is 17.4. The minimum absolute atomic E-state index is 0.00222. The first-order valence-electron chi connectivity index (χ1n) is 9.14. The van der Waals surface area contributed by atoms with Crippen molar-refractivity contribution in [1.29, 1.82) is 5.26 Å². The van der Waals surface area contributed by atoms with Gasteiger partial charge in [-0.3, -0.25) is 4.79 Å². The maximum absolute atomic E-state index is 12.8. The fraction of sp³-hybridized carbons (Fsp3) is 0.579. The lowest BCUT2D eigenvalue weighted by molar-refractivity contribution is -0.126. The Morgan fingerprint density at radius 3 is 2.96 bits per heavy atom. The van der Waals surface area contributed by atoms with Crippen molar-refractivity contribution in [2.24, 2.45) is 5.92 Å². The molecule has 3 aliphatic rings. The molecule has 6 heteroatoms. The second-order valence-corrected chi connectivity index (χ2v) is 7.86. The number of rotatable bonds is 3. The van der Waals surface area contributed by atoms with E-state index in [4.69, 9.17) is 11.6 Å². The number of fused-ring (bicyclic) bond motifs is 2. The van der Waals surface area contributed by atoms with Gasteiger partial charge < -0.3 is 15.1 Å². The van der Waals surface area contributed by atoms with E-state index in [2.05, 4.69) is 16.4 Å². The van der Waals surface area contributed by atoms with Crippen LogP contribution in [-0.4, -0.2) is 42.0 Å². The van der Waals surface area contributed by atoms with Crippen LogP contribution in [0.4, 0.5) is 5.69 Å². The Bertz CT molecular complexity index is 703. The van der Waals surface area contributed by atoms with Crippen molar-refractivity contribution in [2.45, 2.75) is 50.2 Å². The molecule has 4 rings (SSSR count). The maximum Gasteiger partial charge on any atom is 0.225 e. The van der Waals surface area contributed by atoms with Crippen molar-refractivity contribution < 1.29 is 4.79 Å². The molecular formula is C19H23ClN4O. The Morgan fingerprint density at radius 2 is 2.20 bits per heavy atom. The van der Waals surface area contributed by atoms with Gasteiger partial charge in [-0.25, -0.2) is 0 Å². The summed E-state index contributed by atoms with van der Waals surface area (Å²) in [6.07, 6.45) is 7.24.